The molecular weight excluding hydrogens is 298 g/mol. The van der Waals surface area contributed by atoms with Gasteiger partial charge in [0.05, 0.1) is 13.2 Å². The summed E-state index contributed by atoms with van der Waals surface area (Å²) in [5.41, 5.74) is 1.85. The molecule has 18 heavy (non-hydrogen) atoms. The van der Waals surface area contributed by atoms with E-state index >= 15 is 0 Å². The smallest absolute Gasteiger partial charge is 0.328 e. The number of anilines is 1. The van der Waals surface area contributed by atoms with Gasteiger partial charge in [0.1, 0.15) is 6.04 Å². The van der Waals surface area contributed by atoms with E-state index in [2.05, 4.69) is 21.2 Å². The predicted octanol–water partition coefficient (Wildman–Crippen LogP) is 2.96. The maximum atomic E-state index is 11.6. The summed E-state index contributed by atoms with van der Waals surface area (Å²) in [6.07, 6.45) is 0. The molecule has 4 nitrogen and oxygen atoms in total. The third-order valence-corrected chi connectivity index (χ3v) is 3.16. The zero-order valence-corrected chi connectivity index (χ0v) is 12.4. The number of methoxy groups -OCH3 is 1. The summed E-state index contributed by atoms with van der Waals surface area (Å²) in [6.45, 7) is 4.42. The van der Waals surface area contributed by atoms with Crippen LogP contribution in [0.3, 0.4) is 0 Å². The molecule has 0 aliphatic carbocycles. The number of nitrogens with one attached hydrogen (secondary N) is 1. The molecule has 0 heterocycles. The second kappa shape index (κ2) is 7.38. The van der Waals surface area contributed by atoms with Crippen molar-refractivity contribution < 1.29 is 14.3 Å². The van der Waals surface area contributed by atoms with E-state index in [0.717, 1.165) is 15.7 Å². The molecule has 0 aliphatic heterocycles. The molecule has 1 N–H and O–H groups in total. The number of hydrogen-bond donors (Lipinski definition) is 1. The SMILES string of the molecule is CCOC(=O)C(C)Nc1cccc(Br)c1COC. The Morgan fingerprint density at radius 1 is 1.50 bits per heavy atom. The van der Waals surface area contributed by atoms with Gasteiger partial charge in [-0.15, -0.1) is 0 Å². The van der Waals surface area contributed by atoms with Gasteiger partial charge in [-0.05, 0) is 26.0 Å². The standard InChI is InChI=1S/C13H18BrNO3/c1-4-18-13(16)9(2)15-12-7-5-6-11(14)10(12)8-17-3/h5-7,9,15H,4,8H2,1-3H3. The molecule has 1 aromatic rings. The van der Waals surface area contributed by atoms with Crippen LogP contribution in [0.1, 0.15) is 19.4 Å². The first-order valence-electron chi connectivity index (χ1n) is 5.79. The van der Waals surface area contributed by atoms with E-state index in [-0.39, 0.29) is 5.97 Å². The second-order valence-corrected chi connectivity index (χ2v) is 4.67. The van der Waals surface area contributed by atoms with Gasteiger partial charge in [-0.1, -0.05) is 22.0 Å². The number of hydrogen-bond acceptors (Lipinski definition) is 4. The highest BCUT2D eigenvalue weighted by Crippen LogP contribution is 2.26. The van der Waals surface area contributed by atoms with Gasteiger partial charge in [0.25, 0.3) is 0 Å². The molecule has 0 saturated heterocycles. The molecule has 1 aromatic carbocycles. The van der Waals surface area contributed by atoms with Crippen molar-refractivity contribution in [2.75, 3.05) is 19.0 Å². The van der Waals surface area contributed by atoms with Crippen LogP contribution < -0.4 is 5.32 Å². The van der Waals surface area contributed by atoms with Crippen molar-refractivity contribution in [2.45, 2.75) is 26.5 Å². The first kappa shape index (κ1) is 15.0. The minimum absolute atomic E-state index is 0.263. The number of carbonyl (C=O) groups excluding carboxylic acids is 1. The summed E-state index contributed by atoms with van der Waals surface area (Å²) in [6, 6.07) is 5.36. The van der Waals surface area contributed by atoms with Gasteiger partial charge in [-0.3, -0.25) is 0 Å². The molecule has 1 unspecified atom stereocenters. The molecule has 1 rings (SSSR count). The van der Waals surface area contributed by atoms with Crippen LogP contribution >= 0.6 is 15.9 Å². The predicted molar refractivity (Wildman–Crippen MR) is 74.6 cm³/mol. The molecule has 0 bridgehead atoms. The molecule has 0 spiro atoms. The van der Waals surface area contributed by atoms with Crippen molar-refractivity contribution in [1.82, 2.24) is 0 Å². The van der Waals surface area contributed by atoms with E-state index in [1.165, 1.54) is 0 Å². The lowest BCUT2D eigenvalue weighted by atomic mass is 10.1. The largest absolute Gasteiger partial charge is 0.464 e. The first-order valence-corrected chi connectivity index (χ1v) is 6.59. The normalized spacial score (nSPS) is 12.0. The van der Waals surface area contributed by atoms with Gasteiger partial charge in [0.2, 0.25) is 0 Å². The van der Waals surface area contributed by atoms with Crippen LogP contribution in [-0.4, -0.2) is 25.7 Å². The van der Waals surface area contributed by atoms with Crippen molar-refractivity contribution in [2.24, 2.45) is 0 Å². The van der Waals surface area contributed by atoms with Crippen LogP contribution in [0.2, 0.25) is 0 Å². The molecule has 100 valence electrons. The van der Waals surface area contributed by atoms with Crippen LogP contribution in [0.5, 0.6) is 0 Å². The van der Waals surface area contributed by atoms with Gasteiger partial charge in [-0.25, -0.2) is 4.79 Å². The molecule has 1 atom stereocenters. The molecule has 0 fully saturated rings. The Hall–Kier alpha value is -1.07. The van der Waals surface area contributed by atoms with Crippen molar-refractivity contribution in [3.05, 3.63) is 28.2 Å². The van der Waals surface area contributed by atoms with Crippen LogP contribution in [0.15, 0.2) is 22.7 Å². The molecule has 0 amide bonds. The number of carbonyl (C=O) groups is 1. The summed E-state index contributed by atoms with van der Waals surface area (Å²) < 4.78 is 11.1. The van der Waals surface area contributed by atoms with E-state index in [9.17, 15) is 4.79 Å². The third-order valence-electron chi connectivity index (χ3n) is 2.42. The Kier molecular flexibility index (Phi) is 6.15. The monoisotopic (exact) mass is 315 g/mol. The minimum atomic E-state index is -0.394. The quantitative estimate of drug-likeness (QED) is 0.820. The number of rotatable bonds is 6. The van der Waals surface area contributed by atoms with E-state index in [0.29, 0.717) is 13.2 Å². The van der Waals surface area contributed by atoms with E-state index in [4.69, 9.17) is 9.47 Å². The maximum absolute atomic E-state index is 11.6. The number of halogens is 1. The van der Waals surface area contributed by atoms with E-state index < -0.39 is 6.04 Å². The Morgan fingerprint density at radius 2 is 2.22 bits per heavy atom. The highest BCUT2D eigenvalue weighted by molar-refractivity contribution is 9.10. The maximum Gasteiger partial charge on any atom is 0.328 e. The van der Waals surface area contributed by atoms with Crippen molar-refractivity contribution >= 4 is 27.6 Å². The highest BCUT2D eigenvalue weighted by Gasteiger charge is 2.15. The summed E-state index contributed by atoms with van der Waals surface area (Å²) in [5.74, 6) is -0.263. The van der Waals surface area contributed by atoms with Crippen molar-refractivity contribution in [3.63, 3.8) is 0 Å². The first-order chi connectivity index (χ1) is 8.60. The fraction of sp³-hybridized carbons (Fsp3) is 0.462. The Balaban J connectivity index is 2.83. The van der Waals surface area contributed by atoms with Crippen LogP contribution in [-0.2, 0) is 20.9 Å². The average Bonchev–Trinajstić information content (AvgIpc) is 2.34. The zero-order chi connectivity index (χ0) is 13.5. The van der Waals surface area contributed by atoms with Gasteiger partial charge >= 0.3 is 5.97 Å². The zero-order valence-electron chi connectivity index (χ0n) is 10.8. The lowest BCUT2D eigenvalue weighted by Gasteiger charge is -2.17. The Labute approximate surface area is 116 Å². The molecule has 0 radical (unpaired) electrons. The fourth-order valence-electron chi connectivity index (χ4n) is 1.54. The summed E-state index contributed by atoms with van der Waals surface area (Å²) in [5, 5.41) is 3.14. The summed E-state index contributed by atoms with van der Waals surface area (Å²) in [4.78, 5) is 11.6. The highest BCUT2D eigenvalue weighted by atomic mass is 79.9. The van der Waals surface area contributed by atoms with Gasteiger partial charge in [0.15, 0.2) is 0 Å². The Morgan fingerprint density at radius 3 is 2.83 bits per heavy atom. The van der Waals surface area contributed by atoms with Gasteiger partial charge in [-0.2, -0.15) is 0 Å². The van der Waals surface area contributed by atoms with E-state index in [1.807, 2.05) is 18.2 Å². The lowest BCUT2D eigenvalue weighted by molar-refractivity contribution is -0.143. The topological polar surface area (TPSA) is 47.6 Å². The number of benzene rings is 1. The van der Waals surface area contributed by atoms with Crippen molar-refractivity contribution in [3.8, 4) is 0 Å². The molecule has 0 aliphatic rings. The lowest BCUT2D eigenvalue weighted by Crippen LogP contribution is -2.28. The fourth-order valence-corrected chi connectivity index (χ4v) is 2.03. The Bertz CT molecular complexity index is 409. The van der Waals surface area contributed by atoms with Crippen LogP contribution in [0, 0.1) is 0 Å². The minimum Gasteiger partial charge on any atom is -0.464 e. The number of esters is 1. The van der Waals surface area contributed by atoms with Crippen LogP contribution in [0.25, 0.3) is 0 Å². The molecule has 0 aromatic heterocycles. The molecular formula is C13H18BrNO3. The third kappa shape index (κ3) is 3.99. The summed E-state index contributed by atoms with van der Waals surface area (Å²) in [7, 11) is 1.64. The van der Waals surface area contributed by atoms with Crippen molar-refractivity contribution in [1.29, 1.82) is 0 Å². The van der Waals surface area contributed by atoms with Gasteiger partial charge in [0, 0.05) is 22.8 Å². The second-order valence-electron chi connectivity index (χ2n) is 3.82. The summed E-state index contributed by atoms with van der Waals surface area (Å²) >= 11 is 3.47. The average molecular weight is 316 g/mol. The van der Waals surface area contributed by atoms with E-state index in [1.54, 1.807) is 21.0 Å². The number of ether oxygens (including phenoxy) is 2. The van der Waals surface area contributed by atoms with Crippen LogP contribution in [0.4, 0.5) is 5.69 Å². The molecule has 5 heteroatoms. The molecule has 0 saturated carbocycles. The van der Waals surface area contributed by atoms with Gasteiger partial charge < -0.3 is 14.8 Å².